The van der Waals surface area contributed by atoms with Gasteiger partial charge in [-0.2, -0.15) is 9.50 Å². The van der Waals surface area contributed by atoms with Gasteiger partial charge in [0.25, 0.3) is 5.78 Å². The SMILES string of the molecule is CCc1c(C)nc2nc(-c3ccco3)nn2c1Nc1ccc(Br)c(C)c1. The van der Waals surface area contributed by atoms with Gasteiger partial charge in [0.05, 0.1) is 6.26 Å². The summed E-state index contributed by atoms with van der Waals surface area (Å²) in [4.78, 5) is 9.14. The van der Waals surface area contributed by atoms with Crippen LogP contribution in [0.25, 0.3) is 17.4 Å². The van der Waals surface area contributed by atoms with E-state index in [2.05, 4.69) is 56.2 Å². The smallest absolute Gasteiger partial charge is 0.255 e. The predicted molar refractivity (Wildman–Crippen MR) is 105 cm³/mol. The third-order valence-corrected chi connectivity index (χ3v) is 5.20. The van der Waals surface area contributed by atoms with E-state index in [0.29, 0.717) is 17.4 Å². The predicted octanol–water partition coefficient (Wildman–Crippen LogP) is 5.07. The molecule has 7 heteroatoms. The molecule has 0 radical (unpaired) electrons. The van der Waals surface area contributed by atoms with Crippen molar-refractivity contribution in [3.63, 3.8) is 0 Å². The van der Waals surface area contributed by atoms with E-state index in [1.165, 1.54) is 0 Å². The zero-order valence-electron chi connectivity index (χ0n) is 14.7. The lowest BCUT2D eigenvalue weighted by atomic mass is 10.1. The number of aryl methyl sites for hydroxylation is 2. The standard InChI is InChI=1S/C19H18BrN5O/c1-4-14-12(3)21-19-23-17(16-6-5-9-26-16)24-25(19)18(14)22-13-7-8-15(20)11(2)10-13/h5-10,22H,4H2,1-3H3. The zero-order chi connectivity index (χ0) is 18.3. The number of hydrogen-bond acceptors (Lipinski definition) is 5. The van der Waals surface area contributed by atoms with Crippen LogP contribution < -0.4 is 5.32 Å². The first kappa shape index (κ1) is 16.8. The molecule has 132 valence electrons. The Hall–Kier alpha value is -2.67. The fourth-order valence-electron chi connectivity index (χ4n) is 2.96. The lowest BCUT2D eigenvalue weighted by molar-refractivity contribution is 0.577. The van der Waals surface area contributed by atoms with Gasteiger partial charge in [-0.1, -0.05) is 22.9 Å². The maximum Gasteiger partial charge on any atom is 0.255 e. The summed E-state index contributed by atoms with van der Waals surface area (Å²) in [6.07, 6.45) is 2.45. The summed E-state index contributed by atoms with van der Waals surface area (Å²) in [6.45, 7) is 6.17. The molecule has 0 unspecified atom stereocenters. The van der Waals surface area contributed by atoms with Crippen molar-refractivity contribution in [2.24, 2.45) is 0 Å². The van der Waals surface area contributed by atoms with Crippen LogP contribution in [0.4, 0.5) is 11.5 Å². The summed E-state index contributed by atoms with van der Waals surface area (Å²) >= 11 is 3.54. The Morgan fingerprint density at radius 2 is 2.04 bits per heavy atom. The summed E-state index contributed by atoms with van der Waals surface area (Å²) in [7, 11) is 0. The van der Waals surface area contributed by atoms with Crippen molar-refractivity contribution in [2.45, 2.75) is 27.2 Å². The van der Waals surface area contributed by atoms with Crippen LogP contribution in [0, 0.1) is 13.8 Å². The number of rotatable bonds is 4. The molecule has 3 heterocycles. The van der Waals surface area contributed by atoms with Crippen LogP contribution in [0.15, 0.2) is 45.5 Å². The minimum Gasteiger partial charge on any atom is -0.461 e. The summed E-state index contributed by atoms with van der Waals surface area (Å²) < 4.78 is 8.26. The van der Waals surface area contributed by atoms with Crippen LogP contribution in [-0.4, -0.2) is 19.6 Å². The van der Waals surface area contributed by atoms with E-state index in [1.54, 1.807) is 10.8 Å². The summed E-state index contributed by atoms with van der Waals surface area (Å²) in [5, 5.41) is 8.12. The molecule has 0 amide bonds. The van der Waals surface area contributed by atoms with Gasteiger partial charge in [-0.25, -0.2) is 4.98 Å². The lowest BCUT2D eigenvalue weighted by Crippen LogP contribution is -2.08. The van der Waals surface area contributed by atoms with Crippen molar-refractivity contribution in [3.05, 3.63) is 57.9 Å². The number of fused-ring (bicyclic) bond motifs is 1. The van der Waals surface area contributed by atoms with E-state index in [0.717, 1.165) is 39.2 Å². The molecule has 1 N–H and O–H groups in total. The van der Waals surface area contributed by atoms with Crippen LogP contribution in [0.2, 0.25) is 0 Å². The Kier molecular flexibility index (Phi) is 4.24. The van der Waals surface area contributed by atoms with Crippen molar-refractivity contribution in [1.29, 1.82) is 0 Å². The summed E-state index contributed by atoms with van der Waals surface area (Å²) in [5.41, 5.74) is 4.19. The summed E-state index contributed by atoms with van der Waals surface area (Å²) in [5.74, 6) is 2.56. The van der Waals surface area contributed by atoms with Crippen molar-refractivity contribution in [1.82, 2.24) is 19.6 Å². The molecule has 0 saturated carbocycles. The second-order valence-corrected chi connectivity index (χ2v) is 6.95. The zero-order valence-corrected chi connectivity index (χ0v) is 16.3. The fraction of sp³-hybridized carbons (Fsp3) is 0.211. The number of aromatic nitrogens is 4. The van der Waals surface area contributed by atoms with E-state index in [9.17, 15) is 0 Å². The van der Waals surface area contributed by atoms with Crippen LogP contribution in [0.5, 0.6) is 0 Å². The lowest BCUT2D eigenvalue weighted by Gasteiger charge is -2.14. The average molecular weight is 412 g/mol. The number of anilines is 2. The topological polar surface area (TPSA) is 68.2 Å². The van der Waals surface area contributed by atoms with Gasteiger partial charge in [-0.05, 0) is 56.2 Å². The van der Waals surface area contributed by atoms with Gasteiger partial charge in [0.2, 0.25) is 5.82 Å². The molecule has 0 spiro atoms. The highest BCUT2D eigenvalue weighted by molar-refractivity contribution is 9.10. The first-order valence-corrected chi connectivity index (χ1v) is 9.19. The molecule has 4 aromatic rings. The Bertz CT molecular complexity index is 1090. The van der Waals surface area contributed by atoms with E-state index in [-0.39, 0.29) is 0 Å². The largest absolute Gasteiger partial charge is 0.461 e. The molecule has 4 rings (SSSR count). The molecule has 0 bridgehead atoms. The molecule has 0 fully saturated rings. The molecule has 26 heavy (non-hydrogen) atoms. The number of nitrogens with zero attached hydrogens (tertiary/aromatic N) is 4. The van der Waals surface area contributed by atoms with Crippen molar-refractivity contribution in [2.75, 3.05) is 5.32 Å². The van der Waals surface area contributed by atoms with Crippen LogP contribution in [0.3, 0.4) is 0 Å². The number of halogens is 1. The molecule has 0 aliphatic heterocycles. The molecule has 0 aliphatic rings. The van der Waals surface area contributed by atoms with E-state index >= 15 is 0 Å². The Morgan fingerprint density at radius 1 is 1.19 bits per heavy atom. The first-order chi connectivity index (χ1) is 12.6. The molecular weight excluding hydrogens is 394 g/mol. The number of nitrogens with one attached hydrogen (secondary N) is 1. The van der Waals surface area contributed by atoms with Gasteiger partial charge in [0.15, 0.2) is 5.76 Å². The number of benzene rings is 1. The van der Waals surface area contributed by atoms with Crippen LogP contribution in [0.1, 0.15) is 23.7 Å². The van der Waals surface area contributed by atoms with Crippen LogP contribution >= 0.6 is 15.9 Å². The second kappa shape index (κ2) is 6.57. The van der Waals surface area contributed by atoms with Crippen LogP contribution in [-0.2, 0) is 6.42 Å². The highest BCUT2D eigenvalue weighted by Crippen LogP contribution is 2.28. The fourth-order valence-corrected chi connectivity index (χ4v) is 3.21. The van der Waals surface area contributed by atoms with Gasteiger partial charge in [-0.3, -0.25) is 0 Å². The average Bonchev–Trinajstić information content (AvgIpc) is 3.27. The molecular formula is C19H18BrN5O. The Labute approximate surface area is 159 Å². The monoisotopic (exact) mass is 411 g/mol. The normalized spacial score (nSPS) is 11.2. The van der Waals surface area contributed by atoms with Crippen molar-refractivity contribution >= 4 is 33.2 Å². The van der Waals surface area contributed by atoms with Gasteiger partial charge in [0, 0.05) is 21.4 Å². The molecule has 6 nitrogen and oxygen atoms in total. The first-order valence-electron chi connectivity index (χ1n) is 8.40. The molecule has 3 aromatic heterocycles. The number of hydrogen-bond donors (Lipinski definition) is 1. The minimum atomic E-state index is 0.519. The molecule has 0 saturated heterocycles. The highest BCUT2D eigenvalue weighted by Gasteiger charge is 2.17. The van der Waals surface area contributed by atoms with E-state index < -0.39 is 0 Å². The van der Waals surface area contributed by atoms with Crippen molar-refractivity contribution in [3.8, 4) is 11.6 Å². The Balaban J connectivity index is 1.88. The number of furan rings is 1. The van der Waals surface area contributed by atoms with E-state index in [4.69, 9.17) is 4.42 Å². The maximum atomic E-state index is 5.43. The third kappa shape index (κ3) is 2.88. The van der Waals surface area contributed by atoms with Gasteiger partial charge < -0.3 is 9.73 Å². The maximum absolute atomic E-state index is 5.43. The van der Waals surface area contributed by atoms with Crippen molar-refractivity contribution < 1.29 is 4.42 Å². The van der Waals surface area contributed by atoms with Gasteiger partial charge in [-0.15, -0.1) is 5.10 Å². The summed E-state index contributed by atoms with van der Waals surface area (Å²) in [6, 6.07) is 9.82. The molecule has 0 atom stereocenters. The van der Waals surface area contributed by atoms with Gasteiger partial charge in [0.1, 0.15) is 5.82 Å². The Morgan fingerprint density at radius 3 is 2.73 bits per heavy atom. The third-order valence-electron chi connectivity index (χ3n) is 4.31. The van der Waals surface area contributed by atoms with Gasteiger partial charge >= 0.3 is 0 Å². The minimum absolute atomic E-state index is 0.519. The quantitative estimate of drug-likeness (QED) is 0.507. The molecule has 0 aliphatic carbocycles. The molecule has 1 aromatic carbocycles. The second-order valence-electron chi connectivity index (χ2n) is 6.09. The van der Waals surface area contributed by atoms with E-state index in [1.807, 2.05) is 31.2 Å². The highest BCUT2D eigenvalue weighted by atomic mass is 79.9.